The van der Waals surface area contributed by atoms with Crippen molar-refractivity contribution < 1.29 is 4.74 Å². The minimum absolute atomic E-state index is 0.467. The van der Waals surface area contributed by atoms with E-state index in [0.29, 0.717) is 23.9 Å². The molecule has 0 bridgehead atoms. The van der Waals surface area contributed by atoms with Gasteiger partial charge in [0.25, 0.3) is 0 Å². The Morgan fingerprint density at radius 2 is 1.47 bits per heavy atom. The second-order valence-electron chi connectivity index (χ2n) is 6.89. The number of ether oxygens (including phenoxy) is 1. The SMILES string of the molecule is Cc1ccc(CNc2ncnc(Nc3ccc(Oc4ccccc4)cc3)c2N)cc1. The fourth-order valence-electron chi connectivity index (χ4n) is 2.90. The van der Waals surface area contributed by atoms with Gasteiger partial charge < -0.3 is 21.1 Å². The zero-order valence-electron chi connectivity index (χ0n) is 16.7. The fraction of sp³-hybridized carbons (Fsp3) is 0.0833. The van der Waals surface area contributed by atoms with Crippen molar-refractivity contribution in [2.75, 3.05) is 16.4 Å². The first-order valence-corrected chi connectivity index (χ1v) is 9.67. The van der Waals surface area contributed by atoms with Gasteiger partial charge in [-0.1, -0.05) is 48.0 Å². The molecule has 3 aromatic carbocycles. The van der Waals surface area contributed by atoms with Crippen molar-refractivity contribution in [2.45, 2.75) is 13.5 Å². The molecule has 0 saturated heterocycles. The first-order valence-electron chi connectivity index (χ1n) is 9.67. The number of para-hydroxylation sites is 1. The maximum absolute atomic E-state index is 6.28. The molecular weight excluding hydrogens is 374 g/mol. The van der Waals surface area contributed by atoms with Crippen LogP contribution in [0.25, 0.3) is 0 Å². The highest BCUT2D eigenvalue weighted by Gasteiger charge is 2.09. The third-order valence-corrected chi connectivity index (χ3v) is 4.56. The average molecular weight is 397 g/mol. The fourth-order valence-corrected chi connectivity index (χ4v) is 2.90. The third-order valence-electron chi connectivity index (χ3n) is 4.56. The average Bonchev–Trinajstić information content (AvgIpc) is 2.77. The standard InChI is InChI=1S/C24H23N5O/c1-17-7-9-18(10-8-17)15-26-23-22(25)24(28-16-27-23)29-19-11-13-21(14-12-19)30-20-5-3-2-4-6-20/h2-14,16H,15,25H2,1H3,(H2,26,27,28,29). The number of nitrogens with zero attached hydrogens (tertiary/aromatic N) is 2. The lowest BCUT2D eigenvalue weighted by Gasteiger charge is -2.13. The van der Waals surface area contributed by atoms with E-state index in [4.69, 9.17) is 10.5 Å². The predicted molar refractivity (Wildman–Crippen MR) is 121 cm³/mol. The highest BCUT2D eigenvalue weighted by molar-refractivity contribution is 5.77. The van der Waals surface area contributed by atoms with Crippen LogP contribution in [-0.4, -0.2) is 9.97 Å². The van der Waals surface area contributed by atoms with Gasteiger partial charge in [0.05, 0.1) is 0 Å². The number of nitrogen functional groups attached to an aromatic ring is 1. The quantitative estimate of drug-likeness (QED) is 0.381. The molecule has 0 aliphatic heterocycles. The summed E-state index contributed by atoms with van der Waals surface area (Å²) in [6.07, 6.45) is 1.49. The highest BCUT2D eigenvalue weighted by Crippen LogP contribution is 2.28. The molecular formula is C24H23N5O. The number of aromatic nitrogens is 2. The first kappa shape index (κ1) is 19.3. The number of aryl methyl sites for hydroxylation is 1. The summed E-state index contributed by atoms with van der Waals surface area (Å²) in [6.45, 7) is 2.70. The number of nitrogens with one attached hydrogen (secondary N) is 2. The second kappa shape index (κ2) is 8.96. The molecule has 6 heteroatoms. The Labute approximate surface area is 175 Å². The van der Waals surface area contributed by atoms with E-state index in [0.717, 1.165) is 22.7 Å². The van der Waals surface area contributed by atoms with Crippen LogP contribution in [0.1, 0.15) is 11.1 Å². The van der Waals surface area contributed by atoms with Crippen molar-refractivity contribution in [3.05, 3.63) is 96.3 Å². The number of hydrogen-bond donors (Lipinski definition) is 3. The van der Waals surface area contributed by atoms with Crippen LogP contribution in [0.2, 0.25) is 0 Å². The van der Waals surface area contributed by atoms with Crippen molar-refractivity contribution in [1.29, 1.82) is 0 Å². The third kappa shape index (κ3) is 4.86. The normalized spacial score (nSPS) is 10.4. The van der Waals surface area contributed by atoms with Gasteiger partial charge in [-0.3, -0.25) is 0 Å². The van der Waals surface area contributed by atoms with E-state index in [-0.39, 0.29) is 0 Å². The van der Waals surface area contributed by atoms with Gasteiger partial charge in [-0.05, 0) is 48.9 Å². The van der Waals surface area contributed by atoms with Crippen LogP contribution >= 0.6 is 0 Å². The van der Waals surface area contributed by atoms with E-state index in [9.17, 15) is 0 Å². The van der Waals surface area contributed by atoms with Gasteiger partial charge in [0.15, 0.2) is 11.6 Å². The number of hydrogen-bond acceptors (Lipinski definition) is 6. The van der Waals surface area contributed by atoms with Crippen LogP contribution in [0.15, 0.2) is 85.2 Å². The number of anilines is 4. The maximum atomic E-state index is 6.28. The molecule has 6 nitrogen and oxygen atoms in total. The zero-order valence-corrected chi connectivity index (χ0v) is 16.7. The van der Waals surface area contributed by atoms with E-state index in [2.05, 4.69) is 51.8 Å². The molecule has 0 amide bonds. The maximum Gasteiger partial charge on any atom is 0.159 e. The molecule has 4 rings (SSSR count). The molecule has 1 heterocycles. The molecule has 0 aliphatic carbocycles. The molecule has 0 fully saturated rings. The summed E-state index contributed by atoms with van der Waals surface area (Å²) >= 11 is 0. The summed E-state index contributed by atoms with van der Waals surface area (Å²) in [4.78, 5) is 8.54. The first-order chi connectivity index (χ1) is 14.7. The van der Waals surface area contributed by atoms with Crippen molar-refractivity contribution in [3.63, 3.8) is 0 Å². The molecule has 0 aliphatic rings. The summed E-state index contributed by atoms with van der Waals surface area (Å²) in [6, 6.07) is 25.6. The summed E-state index contributed by atoms with van der Waals surface area (Å²) in [5.74, 6) is 2.69. The van der Waals surface area contributed by atoms with Crippen LogP contribution in [0.5, 0.6) is 11.5 Å². The molecule has 0 saturated carbocycles. The molecule has 1 aromatic heterocycles. The van der Waals surface area contributed by atoms with Crippen molar-refractivity contribution in [3.8, 4) is 11.5 Å². The topological polar surface area (TPSA) is 85.1 Å². The molecule has 0 radical (unpaired) electrons. The van der Waals surface area contributed by atoms with E-state index in [1.54, 1.807) is 0 Å². The van der Waals surface area contributed by atoms with Crippen LogP contribution in [-0.2, 0) is 6.54 Å². The largest absolute Gasteiger partial charge is 0.457 e. The molecule has 150 valence electrons. The number of benzene rings is 3. The van der Waals surface area contributed by atoms with E-state index >= 15 is 0 Å². The highest BCUT2D eigenvalue weighted by atomic mass is 16.5. The van der Waals surface area contributed by atoms with E-state index in [1.165, 1.54) is 11.9 Å². The van der Waals surface area contributed by atoms with Gasteiger partial charge in [0, 0.05) is 12.2 Å². The summed E-state index contributed by atoms with van der Waals surface area (Å²) in [5, 5.41) is 6.51. The van der Waals surface area contributed by atoms with E-state index in [1.807, 2.05) is 54.6 Å². The summed E-state index contributed by atoms with van der Waals surface area (Å²) < 4.78 is 5.82. The van der Waals surface area contributed by atoms with Crippen molar-refractivity contribution in [1.82, 2.24) is 9.97 Å². The summed E-state index contributed by atoms with van der Waals surface area (Å²) in [5.41, 5.74) is 9.98. The lowest BCUT2D eigenvalue weighted by Crippen LogP contribution is -2.08. The monoisotopic (exact) mass is 397 g/mol. The lowest BCUT2D eigenvalue weighted by molar-refractivity contribution is 0.483. The molecule has 30 heavy (non-hydrogen) atoms. The predicted octanol–water partition coefficient (Wildman–Crippen LogP) is 5.52. The van der Waals surface area contributed by atoms with Crippen molar-refractivity contribution >= 4 is 23.0 Å². The molecule has 0 unspecified atom stereocenters. The molecule has 4 aromatic rings. The Balaban J connectivity index is 1.41. The number of nitrogens with two attached hydrogens (primary N) is 1. The van der Waals surface area contributed by atoms with E-state index < -0.39 is 0 Å². The van der Waals surface area contributed by atoms with Crippen molar-refractivity contribution in [2.24, 2.45) is 0 Å². The Kier molecular flexibility index (Phi) is 5.75. The Hall–Kier alpha value is -4.06. The van der Waals surface area contributed by atoms with Gasteiger partial charge in [-0.2, -0.15) is 0 Å². The molecule has 4 N–H and O–H groups in total. The lowest BCUT2D eigenvalue weighted by atomic mass is 10.1. The molecule has 0 spiro atoms. The Morgan fingerprint density at radius 1 is 0.800 bits per heavy atom. The minimum Gasteiger partial charge on any atom is -0.457 e. The summed E-state index contributed by atoms with van der Waals surface area (Å²) in [7, 11) is 0. The minimum atomic E-state index is 0.467. The molecule has 0 atom stereocenters. The second-order valence-corrected chi connectivity index (χ2v) is 6.89. The Morgan fingerprint density at radius 3 is 2.20 bits per heavy atom. The van der Waals surface area contributed by atoms with Gasteiger partial charge in [0.1, 0.15) is 23.5 Å². The zero-order chi connectivity index (χ0) is 20.8. The van der Waals surface area contributed by atoms with Crippen LogP contribution < -0.4 is 21.1 Å². The van der Waals surface area contributed by atoms with Crippen LogP contribution in [0.3, 0.4) is 0 Å². The van der Waals surface area contributed by atoms with Gasteiger partial charge >= 0.3 is 0 Å². The smallest absolute Gasteiger partial charge is 0.159 e. The van der Waals surface area contributed by atoms with Gasteiger partial charge in [-0.15, -0.1) is 0 Å². The van der Waals surface area contributed by atoms with Crippen LogP contribution in [0.4, 0.5) is 23.0 Å². The van der Waals surface area contributed by atoms with Crippen LogP contribution in [0, 0.1) is 6.92 Å². The van der Waals surface area contributed by atoms with Gasteiger partial charge in [-0.25, -0.2) is 9.97 Å². The number of rotatable bonds is 7. The Bertz CT molecular complexity index is 1100. The van der Waals surface area contributed by atoms with Gasteiger partial charge in [0.2, 0.25) is 0 Å².